The summed E-state index contributed by atoms with van der Waals surface area (Å²) in [5.41, 5.74) is 5.14. The van der Waals surface area contributed by atoms with E-state index >= 15 is 0 Å². The zero-order valence-electron chi connectivity index (χ0n) is 15.3. The summed E-state index contributed by atoms with van der Waals surface area (Å²) < 4.78 is 8.46. The zero-order chi connectivity index (χ0) is 19.7. The second-order valence-electron chi connectivity index (χ2n) is 6.15. The van der Waals surface area contributed by atoms with Crippen LogP contribution in [0.1, 0.15) is 22.8 Å². The first kappa shape index (κ1) is 18.5. The van der Waals surface area contributed by atoms with Gasteiger partial charge >= 0.3 is 5.97 Å². The molecule has 0 saturated carbocycles. The average Bonchev–Trinajstić information content (AvgIpc) is 3.31. The van der Waals surface area contributed by atoms with Gasteiger partial charge in [-0.25, -0.2) is 4.98 Å². The molecule has 0 atom stereocenters. The van der Waals surface area contributed by atoms with Gasteiger partial charge < -0.3 is 9.30 Å². The smallest absolute Gasteiger partial charge is 0.325 e. The van der Waals surface area contributed by atoms with Crippen LogP contribution in [0.4, 0.5) is 0 Å². The topological polar surface area (TPSA) is 73.5 Å². The third-order valence-corrected chi connectivity index (χ3v) is 6.28. The summed E-state index contributed by atoms with van der Waals surface area (Å²) in [4.78, 5) is 33.7. The number of ether oxygens (including phenoxy) is 1. The van der Waals surface area contributed by atoms with E-state index in [0.717, 1.165) is 26.9 Å². The Morgan fingerprint density at radius 2 is 2.04 bits per heavy atom. The van der Waals surface area contributed by atoms with Gasteiger partial charge in [0, 0.05) is 5.56 Å². The highest BCUT2D eigenvalue weighted by molar-refractivity contribution is 7.17. The first-order valence-electron chi connectivity index (χ1n) is 8.70. The van der Waals surface area contributed by atoms with Gasteiger partial charge in [-0.1, -0.05) is 24.3 Å². The van der Waals surface area contributed by atoms with E-state index in [4.69, 9.17) is 4.74 Å². The summed E-state index contributed by atoms with van der Waals surface area (Å²) in [6.45, 7) is 2.09. The first-order valence-corrected chi connectivity index (χ1v) is 10.4. The Bertz CT molecular complexity index is 1270. The van der Waals surface area contributed by atoms with Crippen LogP contribution in [0.5, 0.6) is 0 Å². The van der Waals surface area contributed by atoms with Gasteiger partial charge in [0.05, 0.1) is 33.1 Å². The molecular weight excluding hydrogens is 394 g/mol. The summed E-state index contributed by atoms with van der Waals surface area (Å²) >= 11 is 2.87. The van der Waals surface area contributed by atoms with Crippen LogP contribution in [-0.2, 0) is 22.5 Å². The molecular formula is C20H17N3O3S2. The van der Waals surface area contributed by atoms with Crippen LogP contribution >= 0.6 is 22.7 Å². The maximum atomic E-state index is 12.8. The number of rotatable bonds is 4. The van der Waals surface area contributed by atoms with Crippen LogP contribution in [-0.4, -0.2) is 28.5 Å². The third-order valence-electron chi connectivity index (χ3n) is 4.45. The molecule has 0 aliphatic heterocycles. The number of aromatic nitrogens is 2. The zero-order valence-corrected chi connectivity index (χ0v) is 17.0. The molecule has 142 valence electrons. The normalized spacial score (nSPS) is 12.0. The Kier molecular flexibility index (Phi) is 5.06. The van der Waals surface area contributed by atoms with Crippen molar-refractivity contribution in [2.24, 2.45) is 4.99 Å². The van der Waals surface area contributed by atoms with Gasteiger partial charge in [0.2, 0.25) is 0 Å². The van der Waals surface area contributed by atoms with E-state index < -0.39 is 0 Å². The first-order chi connectivity index (χ1) is 13.6. The molecule has 0 bridgehead atoms. The number of thiazole rings is 2. The average molecular weight is 412 g/mol. The number of hydrogen-bond donors (Lipinski definition) is 0. The standard InChI is InChI=1S/C20H17N3O3S2/c1-3-12-4-7-15-17(8-12)28-20(23(15)10-18(24)26-2)22-19(25)13-5-6-14-16(9-13)27-11-21-14/h4-9,11H,3,10H2,1-2H3. The summed E-state index contributed by atoms with van der Waals surface area (Å²) in [7, 11) is 1.35. The summed E-state index contributed by atoms with van der Waals surface area (Å²) in [6, 6.07) is 11.4. The Morgan fingerprint density at radius 1 is 1.18 bits per heavy atom. The molecule has 0 N–H and O–H groups in total. The molecule has 0 fully saturated rings. The number of benzene rings is 2. The summed E-state index contributed by atoms with van der Waals surface area (Å²) in [5.74, 6) is -0.740. The number of nitrogens with zero attached hydrogens (tertiary/aromatic N) is 3. The second-order valence-corrected chi connectivity index (χ2v) is 8.05. The maximum absolute atomic E-state index is 12.8. The predicted molar refractivity (Wildman–Crippen MR) is 111 cm³/mol. The summed E-state index contributed by atoms with van der Waals surface area (Å²) in [5, 5.41) is 0. The van der Waals surface area contributed by atoms with Crippen LogP contribution in [0.3, 0.4) is 0 Å². The molecule has 28 heavy (non-hydrogen) atoms. The fourth-order valence-electron chi connectivity index (χ4n) is 2.91. The number of methoxy groups -OCH3 is 1. The predicted octanol–water partition coefficient (Wildman–Crippen LogP) is 3.79. The van der Waals surface area contributed by atoms with Gasteiger partial charge in [0.25, 0.3) is 5.91 Å². The number of aryl methyl sites for hydroxylation is 1. The molecule has 2 heterocycles. The van der Waals surface area contributed by atoms with Crippen molar-refractivity contribution in [2.45, 2.75) is 19.9 Å². The van der Waals surface area contributed by atoms with Crippen LogP contribution in [0.2, 0.25) is 0 Å². The van der Waals surface area contributed by atoms with Crippen LogP contribution in [0.25, 0.3) is 20.4 Å². The van der Waals surface area contributed by atoms with Crippen molar-refractivity contribution in [3.63, 3.8) is 0 Å². The molecule has 2 aromatic heterocycles. The van der Waals surface area contributed by atoms with Crippen LogP contribution in [0.15, 0.2) is 46.9 Å². The van der Waals surface area contributed by atoms with Crippen molar-refractivity contribution in [1.82, 2.24) is 9.55 Å². The van der Waals surface area contributed by atoms with E-state index in [2.05, 4.69) is 23.0 Å². The highest BCUT2D eigenvalue weighted by Gasteiger charge is 2.13. The monoisotopic (exact) mass is 411 g/mol. The molecule has 2 aromatic carbocycles. The summed E-state index contributed by atoms with van der Waals surface area (Å²) in [6.07, 6.45) is 0.908. The lowest BCUT2D eigenvalue weighted by atomic mass is 10.2. The third kappa shape index (κ3) is 3.48. The highest BCUT2D eigenvalue weighted by atomic mass is 32.1. The van der Waals surface area contributed by atoms with Crippen LogP contribution in [0, 0.1) is 0 Å². The molecule has 4 aromatic rings. The number of carbonyl (C=O) groups excluding carboxylic acids is 2. The quantitative estimate of drug-likeness (QED) is 0.479. The number of fused-ring (bicyclic) bond motifs is 2. The van der Waals surface area contributed by atoms with Gasteiger partial charge in [-0.05, 0) is 42.3 Å². The molecule has 0 saturated heterocycles. The Morgan fingerprint density at radius 3 is 2.82 bits per heavy atom. The van der Waals surface area contributed by atoms with E-state index in [9.17, 15) is 9.59 Å². The fraction of sp³-hybridized carbons (Fsp3) is 0.200. The van der Waals surface area contributed by atoms with Gasteiger partial charge in [-0.2, -0.15) is 4.99 Å². The molecule has 6 nitrogen and oxygen atoms in total. The molecule has 0 spiro atoms. The lowest BCUT2D eigenvalue weighted by molar-refractivity contribution is -0.141. The molecule has 0 unspecified atom stereocenters. The highest BCUT2D eigenvalue weighted by Crippen LogP contribution is 2.21. The van der Waals surface area contributed by atoms with Gasteiger partial charge in [0.15, 0.2) is 4.80 Å². The fourth-order valence-corrected chi connectivity index (χ4v) is 4.72. The van der Waals surface area contributed by atoms with Crippen molar-refractivity contribution >= 4 is 55.0 Å². The number of hydrogen-bond acceptors (Lipinski definition) is 6. The van der Waals surface area contributed by atoms with E-state index in [0.29, 0.717) is 10.4 Å². The van der Waals surface area contributed by atoms with Gasteiger partial charge in [-0.3, -0.25) is 9.59 Å². The Hall–Kier alpha value is -2.84. The van der Waals surface area contributed by atoms with E-state index in [1.807, 2.05) is 18.2 Å². The van der Waals surface area contributed by atoms with E-state index in [1.54, 1.807) is 22.2 Å². The minimum absolute atomic E-state index is 0.00195. The minimum atomic E-state index is -0.390. The van der Waals surface area contributed by atoms with Crippen molar-refractivity contribution in [2.75, 3.05) is 7.11 Å². The van der Waals surface area contributed by atoms with Crippen molar-refractivity contribution in [1.29, 1.82) is 0 Å². The van der Waals surface area contributed by atoms with Crippen molar-refractivity contribution < 1.29 is 14.3 Å². The Balaban J connectivity index is 1.83. The number of amides is 1. The molecule has 0 aliphatic rings. The lowest BCUT2D eigenvalue weighted by Crippen LogP contribution is -2.22. The molecule has 4 rings (SSSR count). The largest absolute Gasteiger partial charge is 0.468 e. The Labute approximate surface area is 168 Å². The molecule has 8 heteroatoms. The maximum Gasteiger partial charge on any atom is 0.325 e. The van der Waals surface area contributed by atoms with E-state index in [-0.39, 0.29) is 18.4 Å². The number of esters is 1. The minimum Gasteiger partial charge on any atom is -0.468 e. The van der Waals surface area contributed by atoms with Crippen LogP contribution < -0.4 is 4.80 Å². The van der Waals surface area contributed by atoms with Gasteiger partial charge in [0.1, 0.15) is 6.54 Å². The SMILES string of the molecule is CCc1ccc2c(c1)sc(=NC(=O)c1ccc3ncsc3c1)n2CC(=O)OC. The number of carbonyl (C=O) groups is 2. The second kappa shape index (κ2) is 7.65. The van der Waals surface area contributed by atoms with E-state index in [1.165, 1.54) is 35.3 Å². The van der Waals surface area contributed by atoms with Crippen molar-refractivity contribution in [3.05, 3.63) is 57.8 Å². The molecule has 0 radical (unpaired) electrons. The molecule has 0 aliphatic carbocycles. The van der Waals surface area contributed by atoms with Gasteiger partial charge in [-0.15, -0.1) is 11.3 Å². The lowest BCUT2D eigenvalue weighted by Gasteiger charge is -2.04. The van der Waals surface area contributed by atoms with Crippen molar-refractivity contribution in [3.8, 4) is 0 Å². The molecule has 1 amide bonds.